The second-order valence-electron chi connectivity index (χ2n) is 5.46. The van der Waals surface area contributed by atoms with E-state index >= 15 is 0 Å². The van der Waals surface area contributed by atoms with Crippen LogP contribution in [-0.2, 0) is 20.4 Å². The van der Waals surface area contributed by atoms with Gasteiger partial charge in [0.15, 0.2) is 9.84 Å². The van der Waals surface area contributed by atoms with Gasteiger partial charge in [-0.15, -0.1) is 11.3 Å². The number of carbonyl (C=O) groups excluding carboxylic acids is 2. The lowest BCUT2D eigenvalue weighted by Crippen LogP contribution is -2.41. The van der Waals surface area contributed by atoms with Crippen LogP contribution >= 0.6 is 11.3 Å². The Bertz CT molecular complexity index is 678. The van der Waals surface area contributed by atoms with Gasteiger partial charge in [-0.3, -0.25) is 9.69 Å². The number of hydrogen-bond acceptors (Lipinski definition) is 6. The number of aryl methyl sites for hydroxylation is 1. The molecule has 0 aliphatic carbocycles. The largest absolute Gasteiger partial charge is 0.325 e. The maximum atomic E-state index is 12.0. The molecule has 9 heteroatoms. The number of sulfone groups is 1. The van der Waals surface area contributed by atoms with Crippen molar-refractivity contribution in [2.75, 3.05) is 12.3 Å². The van der Waals surface area contributed by atoms with Crippen LogP contribution in [0.15, 0.2) is 5.38 Å². The molecule has 0 unspecified atom stereocenters. The Morgan fingerprint density at radius 3 is 2.52 bits per heavy atom. The van der Waals surface area contributed by atoms with Crippen molar-refractivity contribution in [2.24, 2.45) is 0 Å². The Morgan fingerprint density at radius 1 is 1.38 bits per heavy atom. The van der Waals surface area contributed by atoms with E-state index in [2.05, 4.69) is 10.3 Å². The van der Waals surface area contributed by atoms with Gasteiger partial charge < -0.3 is 5.32 Å². The summed E-state index contributed by atoms with van der Waals surface area (Å²) >= 11 is 1.38. The molecule has 0 saturated carbocycles. The maximum absolute atomic E-state index is 12.0. The lowest BCUT2D eigenvalue weighted by atomic mass is 10.1. The predicted molar refractivity (Wildman–Crippen MR) is 78.7 cm³/mol. The number of imide groups is 1. The number of aromatic nitrogens is 1. The fraction of sp³-hybridized carbons (Fsp3) is 0.583. The summed E-state index contributed by atoms with van der Waals surface area (Å²) in [5.41, 5.74) is -0.484. The fourth-order valence-electron chi connectivity index (χ4n) is 2.02. The van der Waals surface area contributed by atoms with E-state index in [0.717, 1.165) is 9.91 Å². The first kappa shape index (κ1) is 15.9. The van der Waals surface area contributed by atoms with Gasteiger partial charge >= 0.3 is 6.03 Å². The summed E-state index contributed by atoms with van der Waals surface area (Å²) in [6.07, 6.45) is 0. The third kappa shape index (κ3) is 3.59. The third-order valence-corrected chi connectivity index (χ3v) is 5.47. The van der Waals surface area contributed by atoms with Crippen molar-refractivity contribution in [3.05, 3.63) is 16.1 Å². The van der Waals surface area contributed by atoms with Gasteiger partial charge in [0.05, 0.1) is 22.2 Å². The first-order valence-electron chi connectivity index (χ1n) is 6.36. The highest BCUT2D eigenvalue weighted by Gasteiger charge is 2.44. The van der Waals surface area contributed by atoms with E-state index in [-0.39, 0.29) is 18.1 Å². The van der Waals surface area contributed by atoms with Crippen LogP contribution in [0.5, 0.6) is 0 Å². The van der Waals surface area contributed by atoms with Crippen LogP contribution in [0.2, 0.25) is 0 Å². The Hall–Kier alpha value is -1.48. The summed E-state index contributed by atoms with van der Waals surface area (Å²) < 4.78 is 24.1. The number of nitrogens with one attached hydrogen (secondary N) is 1. The molecule has 1 aliphatic rings. The van der Waals surface area contributed by atoms with Gasteiger partial charge in [0.1, 0.15) is 5.54 Å². The van der Waals surface area contributed by atoms with Crippen LogP contribution in [0.4, 0.5) is 4.79 Å². The predicted octanol–water partition coefficient (Wildman–Crippen LogP) is 0.697. The first-order chi connectivity index (χ1) is 9.61. The van der Waals surface area contributed by atoms with Gasteiger partial charge in [-0.2, -0.15) is 0 Å². The Balaban J connectivity index is 1.99. The Morgan fingerprint density at radius 2 is 2.05 bits per heavy atom. The molecule has 1 aliphatic heterocycles. The molecule has 1 aromatic rings. The zero-order valence-corrected chi connectivity index (χ0v) is 13.7. The van der Waals surface area contributed by atoms with Crippen LogP contribution in [0, 0.1) is 6.92 Å². The number of nitrogens with zero attached hydrogens (tertiary/aromatic N) is 2. The van der Waals surface area contributed by atoms with Crippen molar-refractivity contribution in [1.29, 1.82) is 0 Å². The summed E-state index contributed by atoms with van der Waals surface area (Å²) in [5, 5.41) is 5.01. The van der Waals surface area contributed by atoms with Crippen molar-refractivity contribution in [2.45, 2.75) is 32.1 Å². The average molecular weight is 331 g/mol. The summed E-state index contributed by atoms with van der Waals surface area (Å²) in [6.45, 7) is 4.83. The van der Waals surface area contributed by atoms with E-state index in [0.29, 0.717) is 5.69 Å². The molecule has 1 fully saturated rings. The van der Waals surface area contributed by atoms with Crippen LogP contribution in [0.3, 0.4) is 0 Å². The summed E-state index contributed by atoms with van der Waals surface area (Å²) in [6, 6.07) is -0.551. The highest BCUT2D eigenvalue weighted by molar-refractivity contribution is 7.90. The Labute approximate surface area is 127 Å². The second kappa shape index (κ2) is 5.38. The molecule has 0 bridgehead atoms. The molecule has 3 amide bonds. The zero-order valence-electron chi connectivity index (χ0n) is 12.0. The minimum Gasteiger partial charge on any atom is -0.324 e. The molecular formula is C12H17N3O4S2. The Kier molecular flexibility index (Phi) is 4.07. The summed E-state index contributed by atoms with van der Waals surface area (Å²) in [7, 11) is -3.42. The highest BCUT2D eigenvalue weighted by atomic mass is 32.2. The number of amides is 3. The minimum absolute atomic E-state index is 0.139. The topological polar surface area (TPSA) is 96.4 Å². The molecule has 0 spiro atoms. The molecule has 7 nitrogen and oxygen atoms in total. The number of carbonyl (C=O) groups is 2. The molecule has 0 atom stereocenters. The normalized spacial score (nSPS) is 18.1. The van der Waals surface area contributed by atoms with Crippen molar-refractivity contribution in [3.8, 4) is 0 Å². The lowest BCUT2D eigenvalue weighted by molar-refractivity contribution is -0.130. The molecule has 0 aromatic carbocycles. The number of thiazole rings is 1. The highest BCUT2D eigenvalue weighted by Crippen LogP contribution is 2.17. The minimum atomic E-state index is -3.42. The molecule has 116 valence electrons. The standard InChI is InChI=1S/C12H17N3O4S2/c1-8-13-9(6-20-8)7-21(18,19)5-4-15-10(16)12(2,3)14-11(15)17/h6H,4-5,7H2,1-3H3,(H,14,17). The van der Waals surface area contributed by atoms with E-state index in [1.165, 1.54) is 11.3 Å². The van der Waals surface area contributed by atoms with Gasteiger partial charge in [0.25, 0.3) is 5.91 Å². The van der Waals surface area contributed by atoms with Crippen molar-refractivity contribution in [1.82, 2.24) is 15.2 Å². The van der Waals surface area contributed by atoms with Gasteiger partial charge in [-0.25, -0.2) is 18.2 Å². The molecule has 1 saturated heterocycles. The average Bonchev–Trinajstić information content (AvgIpc) is 2.80. The molecule has 2 heterocycles. The first-order valence-corrected chi connectivity index (χ1v) is 9.06. The smallest absolute Gasteiger partial charge is 0.324 e. The summed E-state index contributed by atoms with van der Waals surface area (Å²) in [5.74, 6) is -0.851. The molecular weight excluding hydrogens is 314 g/mol. The number of urea groups is 1. The van der Waals surface area contributed by atoms with E-state index in [1.807, 2.05) is 0 Å². The van der Waals surface area contributed by atoms with Crippen LogP contribution in [-0.4, -0.2) is 48.1 Å². The van der Waals surface area contributed by atoms with E-state index < -0.39 is 27.3 Å². The van der Waals surface area contributed by atoms with Gasteiger partial charge in [-0.1, -0.05) is 0 Å². The molecule has 2 rings (SSSR count). The zero-order chi connectivity index (χ0) is 15.8. The SMILES string of the molecule is Cc1nc(CS(=O)(=O)CCN2C(=O)NC(C)(C)C2=O)cs1. The summed E-state index contributed by atoms with van der Waals surface area (Å²) in [4.78, 5) is 28.7. The number of rotatable bonds is 5. The van der Waals surface area contributed by atoms with Crippen molar-refractivity contribution in [3.63, 3.8) is 0 Å². The quantitative estimate of drug-likeness (QED) is 0.801. The molecule has 0 radical (unpaired) electrons. The van der Waals surface area contributed by atoms with E-state index in [9.17, 15) is 18.0 Å². The molecule has 1 N–H and O–H groups in total. The van der Waals surface area contributed by atoms with Crippen molar-refractivity contribution >= 4 is 33.1 Å². The van der Waals surface area contributed by atoms with Crippen LogP contribution in [0.1, 0.15) is 24.5 Å². The van der Waals surface area contributed by atoms with E-state index in [4.69, 9.17) is 0 Å². The lowest BCUT2D eigenvalue weighted by Gasteiger charge is -2.15. The van der Waals surface area contributed by atoms with Crippen molar-refractivity contribution < 1.29 is 18.0 Å². The number of hydrogen-bond donors (Lipinski definition) is 1. The van der Waals surface area contributed by atoms with E-state index in [1.54, 1.807) is 26.2 Å². The second-order valence-corrected chi connectivity index (χ2v) is 8.71. The van der Waals surface area contributed by atoms with Gasteiger partial charge in [-0.05, 0) is 20.8 Å². The van der Waals surface area contributed by atoms with Crippen LogP contribution in [0.25, 0.3) is 0 Å². The molecule has 1 aromatic heterocycles. The fourth-order valence-corrected chi connectivity index (χ4v) is 3.95. The maximum Gasteiger partial charge on any atom is 0.325 e. The van der Waals surface area contributed by atoms with Gasteiger partial charge in [0, 0.05) is 11.9 Å². The van der Waals surface area contributed by atoms with Gasteiger partial charge in [0.2, 0.25) is 0 Å². The van der Waals surface area contributed by atoms with Crippen LogP contribution < -0.4 is 5.32 Å². The third-order valence-electron chi connectivity index (χ3n) is 3.10. The monoisotopic (exact) mass is 331 g/mol. The molecule has 21 heavy (non-hydrogen) atoms.